The molecule has 1 aromatic carbocycles. The van der Waals surface area contributed by atoms with E-state index in [9.17, 15) is 8.42 Å². The summed E-state index contributed by atoms with van der Waals surface area (Å²) in [6.45, 7) is 2.92. The van der Waals surface area contributed by atoms with Gasteiger partial charge in [0, 0.05) is 5.02 Å². The normalized spacial score (nSPS) is 19.0. The zero-order valence-corrected chi connectivity index (χ0v) is 12.0. The molecule has 18 heavy (non-hydrogen) atoms. The molecule has 0 spiro atoms. The topological polar surface area (TPSA) is 41.8 Å². The predicted molar refractivity (Wildman–Crippen MR) is 72.3 cm³/mol. The van der Waals surface area contributed by atoms with E-state index in [2.05, 4.69) is 7.05 Å². The number of quaternary nitrogens is 1. The number of nitrogens with zero attached hydrogens (tertiary/aromatic N) is 1. The average molecular weight is 290 g/mol. The molecule has 0 aromatic heterocycles. The minimum absolute atomic E-state index is 0.00821. The van der Waals surface area contributed by atoms with Crippen LogP contribution in [-0.2, 0) is 15.8 Å². The van der Waals surface area contributed by atoms with E-state index < -0.39 is 10.0 Å². The lowest BCUT2D eigenvalue weighted by Gasteiger charge is -2.29. The second-order valence-corrected chi connectivity index (χ2v) is 7.08. The van der Waals surface area contributed by atoms with Crippen molar-refractivity contribution < 1.29 is 13.3 Å². The minimum atomic E-state index is -3.25. The number of hydrogen-bond acceptors (Lipinski definition) is 2. The maximum absolute atomic E-state index is 12.3. The number of piperazine rings is 1. The molecule has 1 aromatic rings. The fourth-order valence-corrected chi connectivity index (χ4v) is 3.90. The van der Waals surface area contributed by atoms with Crippen LogP contribution in [0.5, 0.6) is 0 Å². The molecule has 1 aliphatic rings. The third-order valence-electron chi connectivity index (χ3n) is 3.27. The molecule has 1 N–H and O–H groups in total. The van der Waals surface area contributed by atoms with Gasteiger partial charge in [0.05, 0.1) is 39.0 Å². The van der Waals surface area contributed by atoms with Crippen LogP contribution in [0.1, 0.15) is 5.56 Å². The molecule has 0 amide bonds. The standard InChI is InChI=1S/C12H17ClN2O2S/c1-14-6-8-15(9-7-14)18(16,17)10-11-4-2-3-5-12(11)13/h2-5H,6-10H2,1H3/p+1. The lowest BCUT2D eigenvalue weighted by molar-refractivity contribution is -0.883. The Morgan fingerprint density at radius 2 is 1.89 bits per heavy atom. The van der Waals surface area contributed by atoms with Gasteiger partial charge in [0.2, 0.25) is 10.0 Å². The Bertz CT molecular complexity index is 511. The van der Waals surface area contributed by atoms with E-state index in [0.717, 1.165) is 13.1 Å². The van der Waals surface area contributed by atoms with Crippen molar-refractivity contribution in [1.82, 2.24) is 4.31 Å². The van der Waals surface area contributed by atoms with Gasteiger partial charge in [0.25, 0.3) is 0 Å². The number of nitrogens with one attached hydrogen (secondary N) is 1. The molecule has 0 aliphatic carbocycles. The van der Waals surface area contributed by atoms with Crippen molar-refractivity contribution in [3.05, 3.63) is 34.9 Å². The SMILES string of the molecule is C[NH+]1CCN(S(=O)(=O)Cc2ccccc2Cl)CC1. The van der Waals surface area contributed by atoms with Gasteiger partial charge < -0.3 is 4.90 Å². The van der Waals surface area contributed by atoms with E-state index in [0.29, 0.717) is 23.7 Å². The first kappa shape index (κ1) is 13.8. The molecule has 1 saturated heterocycles. The van der Waals surface area contributed by atoms with Gasteiger partial charge in [-0.3, -0.25) is 0 Å². The molecule has 0 bridgehead atoms. The third kappa shape index (κ3) is 3.23. The van der Waals surface area contributed by atoms with Crippen LogP contribution in [0.25, 0.3) is 0 Å². The summed E-state index contributed by atoms with van der Waals surface area (Å²) in [5.74, 6) is -0.00821. The molecule has 0 unspecified atom stereocenters. The summed E-state index contributed by atoms with van der Waals surface area (Å²) in [6.07, 6.45) is 0. The van der Waals surface area contributed by atoms with Crippen molar-refractivity contribution >= 4 is 21.6 Å². The summed E-state index contributed by atoms with van der Waals surface area (Å²) in [7, 11) is -1.17. The van der Waals surface area contributed by atoms with Crippen LogP contribution in [-0.4, -0.2) is 45.9 Å². The van der Waals surface area contributed by atoms with E-state index in [1.165, 1.54) is 4.90 Å². The first-order valence-corrected chi connectivity index (χ1v) is 8.00. The molecular weight excluding hydrogens is 272 g/mol. The van der Waals surface area contributed by atoms with Crippen molar-refractivity contribution in [2.45, 2.75) is 5.75 Å². The van der Waals surface area contributed by atoms with Crippen LogP contribution >= 0.6 is 11.6 Å². The number of hydrogen-bond donors (Lipinski definition) is 1. The summed E-state index contributed by atoms with van der Waals surface area (Å²) in [5.41, 5.74) is 0.672. The van der Waals surface area contributed by atoms with E-state index in [-0.39, 0.29) is 5.75 Å². The second kappa shape index (κ2) is 5.57. The van der Waals surface area contributed by atoms with Crippen molar-refractivity contribution in [3.63, 3.8) is 0 Å². The Balaban J connectivity index is 2.10. The van der Waals surface area contributed by atoms with Gasteiger partial charge >= 0.3 is 0 Å². The van der Waals surface area contributed by atoms with Gasteiger partial charge in [-0.2, -0.15) is 4.31 Å². The Kier molecular flexibility index (Phi) is 4.27. The van der Waals surface area contributed by atoms with E-state index in [1.54, 1.807) is 22.5 Å². The van der Waals surface area contributed by atoms with Gasteiger partial charge in [0.15, 0.2) is 0 Å². The van der Waals surface area contributed by atoms with Crippen LogP contribution in [0.4, 0.5) is 0 Å². The van der Waals surface area contributed by atoms with Gasteiger partial charge in [-0.15, -0.1) is 0 Å². The van der Waals surface area contributed by atoms with E-state index in [1.807, 2.05) is 6.07 Å². The van der Waals surface area contributed by atoms with Gasteiger partial charge in [0.1, 0.15) is 0 Å². The summed E-state index contributed by atoms with van der Waals surface area (Å²) < 4.78 is 26.1. The first-order chi connectivity index (χ1) is 8.49. The van der Waals surface area contributed by atoms with Crippen LogP contribution in [0, 0.1) is 0 Å². The van der Waals surface area contributed by atoms with E-state index in [4.69, 9.17) is 11.6 Å². The summed E-state index contributed by atoms with van der Waals surface area (Å²) in [6, 6.07) is 7.10. The molecule has 2 rings (SSSR count). The molecule has 4 nitrogen and oxygen atoms in total. The Hall–Kier alpha value is -0.620. The van der Waals surface area contributed by atoms with Crippen LogP contribution in [0.15, 0.2) is 24.3 Å². The number of benzene rings is 1. The van der Waals surface area contributed by atoms with Crippen molar-refractivity contribution in [2.24, 2.45) is 0 Å². The van der Waals surface area contributed by atoms with Crippen molar-refractivity contribution in [2.75, 3.05) is 33.2 Å². The highest BCUT2D eigenvalue weighted by Gasteiger charge is 2.28. The molecular formula is C12H18ClN2O2S+. The Morgan fingerprint density at radius 3 is 2.50 bits per heavy atom. The Morgan fingerprint density at radius 1 is 1.28 bits per heavy atom. The van der Waals surface area contributed by atoms with E-state index >= 15 is 0 Å². The molecule has 0 saturated carbocycles. The number of halogens is 1. The summed E-state index contributed by atoms with van der Waals surface area (Å²) in [4.78, 5) is 1.37. The van der Waals surface area contributed by atoms with Gasteiger partial charge in [-0.05, 0) is 11.6 Å². The fraction of sp³-hybridized carbons (Fsp3) is 0.500. The summed E-state index contributed by atoms with van der Waals surface area (Å²) >= 11 is 6.01. The van der Waals surface area contributed by atoms with Crippen molar-refractivity contribution in [1.29, 1.82) is 0 Å². The molecule has 0 radical (unpaired) electrons. The zero-order chi connectivity index (χ0) is 13.2. The van der Waals surface area contributed by atoms with Gasteiger partial charge in [-0.25, -0.2) is 8.42 Å². The monoisotopic (exact) mass is 289 g/mol. The zero-order valence-electron chi connectivity index (χ0n) is 10.4. The van der Waals surface area contributed by atoms with Gasteiger partial charge in [-0.1, -0.05) is 29.8 Å². The molecule has 1 heterocycles. The highest BCUT2D eigenvalue weighted by molar-refractivity contribution is 7.88. The molecule has 6 heteroatoms. The molecule has 1 fully saturated rings. The molecule has 100 valence electrons. The largest absolute Gasteiger partial charge is 0.335 e. The predicted octanol–water partition coefficient (Wildman–Crippen LogP) is 0.000100. The number of rotatable bonds is 3. The van der Waals surface area contributed by atoms with Crippen molar-refractivity contribution in [3.8, 4) is 0 Å². The summed E-state index contributed by atoms with van der Waals surface area (Å²) in [5, 5.41) is 0.515. The minimum Gasteiger partial charge on any atom is -0.335 e. The smallest absolute Gasteiger partial charge is 0.218 e. The lowest BCUT2D eigenvalue weighted by atomic mass is 10.2. The van der Waals surface area contributed by atoms with Crippen LogP contribution in [0.2, 0.25) is 5.02 Å². The Labute approximate surface area is 113 Å². The van der Waals surface area contributed by atoms with Crippen LogP contribution in [0.3, 0.4) is 0 Å². The lowest BCUT2D eigenvalue weighted by Crippen LogP contribution is -3.12. The fourth-order valence-electron chi connectivity index (χ4n) is 2.05. The maximum atomic E-state index is 12.3. The molecule has 0 atom stereocenters. The quantitative estimate of drug-likeness (QED) is 0.851. The van der Waals surface area contributed by atoms with Crippen LogP contribution < -0.4 is 4.90 Å². The highest BCUT2D eigenvalue weighted by atomic mass is 35.5. The third-order valence-corrected chi connectivity index (χ3v) is 5.46. The average Bonchev–Trinajstić information content (AvgIpc) is 2.32. The highest BCUT2D eigenvalue weighted by Crippen LogP contribution is 2.19. The maximum Gasteiger partial charge on any atom is 0.218 e. The first-order valence-electron chi connectivity index (χ1n) is 6.01. The number of likely N-dealkylation sites (N-methyl/N-ethyl adjacent to an activating group) is 1. The second-order valence-electron chi connectivity index (χ2n) is 4.70. The molecule has 1 aliphatic heterocycles. The number of sulfonamides is 1.